The highest BCUT2D eigenvalue weighted by Gasteiger charge is 2.20. The van der Waals surface area contributed by atoms with E-state index >= 15 is 0 Å². The molecule has 1 saturated heterocycles. The van der Waals surface area contributed by atoms with E-state index in [-0.39, 0.29) is 5.91 Å². The van der Waals surface area contributed by atoms with Crippen molar-refractivity contribution in [2.24, 2.45) is 0 Å². The van der Waals surface area contributed by atoms with Gasteiger partial charge in [-0.05, 0) is 52.9 Å². The molecule has 2 N–H and O–H groups in total. The fourth-order valence-corrected chi connectivity index (χ4v) is 3.16. The first kappa shape index (κ1) is 13.9. The zero-order chi connectivity index (χ0) is 13.9. The lowest BCUT2D eigenvalue weighted by molar-refractivity contribution is -0.119. The number of hydrogen-bond acceptors (Lipinski definition) is 3. The summed E-state index contributed by atoms with van der Waals surface area (Å²) in [5.74, 6) is 0.105. The van der Waals surface area contributed by atoms with Gasteiger partial charge in [-0.2, -0.15) is 0 Å². The minimum atomic E-state index is 0.105. The van der Waals surface area contributed by atoms with Crippen molar-refractivity contribution in [3.8, 4) is 0 Å². The Morgan fingerprint density at radius 3 is 3.00 bits per heavy atom. The average Bonchev–Trinajstić information content (AvgIpc) is 3.24. The third-order valence-electron chi connectivity index (χ3n) is 3.79. The van der Waals surface area contributed by atoms with Gasteiger partial charge in [-0.25, -0.2) is 0 Å². The summed E-state index contributed by atoms with van der Waals surface area (Å²) in [5, 5.41) is 6.43. The maximum absolute atomic E-state index is 11.7. The molecule has 1 aromatic carbocycles. The quantitative estimate of drug-likeness (QED) is 0.883. The molecule has 1 aromatic rings. The summed E-state index contributed by atoms with van der Waals surface area (Å²) >= 11 is 3.65. The van der Waals surface area contributed by atoms with Crippen molar-refractivity contribution in [1.29, 1.82) is 0 Å². The normalized spacial score (nSPS) is 19.6. The third kappa shape index (κ3) is 3.52. The Morgan fingerprint density at radius 2 is 2.25 bits per heavy atom. The molecule has 1 saturated carbocycles. The van der Waals surface area contributed by atoms with Crippen LogP contribution in [0.2, 0.25) is 0 Å². The molecule has 0 aromatic heterocycles. The van der Waals surface area contributed by atoms with E-state index < -0.39 is 0 Å². The molecular formula is C15H20BrN3O. The Bertz CT molecular complexity index is 502. The van der Waals surface area contributed by atoms with Gasteiger partial charge in [-0.15, -0.1) is 0 Å². The van der Waals surface area contributed by atoms with Crippen LogP contribution in [-0.4, -0.2) is 31.6 Å². The van der Waals surface area contributed by atoms with Gasteiger partial charge in [-0.1, -0.05) is 6.07 Å². The van der Waals surface area contributed by atoms with Crippen LogP contribution in [0.5, 0.6) is 0 Å². The molecule has 0 radical (unpaired) electrons. The number of benzene rings is 1. The van der Waals surface area contributed by atoms with Gasteiger partial charge in [-0.3, -0.25) is 4.79 Å². The molecule has 0 bridgehead atoms. The van der Waals surface area contributed by atoms with Crippen LogP contribution >= 0.6 is 15.9 Å². The molecule has 0 spiro atoms. The number of rotatable bonds is 4. The monoisotopic (exact) mass is 337 g/mol. The molecule has 20 heavy (non-hydrogen) atoms. The minimum absolute atomic E-state index is 0.105. The van der Waals surface area contributed by atoms with E-state index in [2.05, 4.69) is 49.7 Å². The standard InChI is InChI=1S/C15H20BrN3O/c16-13-8-11(9-18-12-3-4-12)2-5-14(13)19-7-1-6-17-15(20)10-19/h2,5,8,12,18H,1,3-4,6-7,9-10H2,(H,17,20). The van der Waals surface area contributed by atoms with E-state index in [0.717, 1.165) is 42.3 Å². The molecule has 2 aliphatic rings. The summed E-state index contributed by atoms with van der Waals surface area (Å²) in [6.45, 7) is 3.05. The lowest BCUT2D eigenvalue weighted by Crippen LogP contribution is -2.33. The van der Waals surface area contributed by atoms with E-state index in [1.54, 1.807) is 0 Å². The Kier molecular flexibility index (Phi) is 4.27. The van der Waals surface area contributed by atoms with Gasteiger partial charge in [0.05, 0.1) is 12.2 Å². The summed E-state index contributed by atoms with van der Waals surface area (Å²) < 4.78 is 1.07. The highest BCUT2D eigenvalue weighted by molar-refractivity contribution is 9.10. The largest absolute Gasteiger partial charge is 0.361 e. The minimum Gasteiger partial charge on any atom is -0.361 e. The fourth-order valence-electron chi connectivity index (χ4n) is 2.48. The van der Waals surface area contributed by atoms with Gasteiger partial charge in [0, 0.05) is 30.1 Å². The van der Waals surface area contributed by atoms with Gasteiger partial charge < -0.3 is 15.5 Å². The Hall–Kier alpha value is -1.07. The van der Waals surface area contributed by atoms with E-state index in [0.29, 0.717) is 6.54 Å². The lowest BCUT2D eigenvalue weighted by atomic mass is 10.2. The second-order valence-corrected chi connectivity index (χ2v) is 6.42. The molecule has 0 unspecified atom stereocenters. The molecule has 5 heteroatoms. The zero-order valence-electron chi connectivity index (χ0n) is 11.5. The molecule has 108 valence electrons. The van der Waals surface area contributed by atoms with Crippen molar-refractivity contribution in [2.75, 3.05) is 24.5 Å². The smallest absolute Gasteiger partial charge is 0.239 e. The van der Waals surface area contributed by atoms with E-state index in [1.165, 1.54) is 18.4 Å². The number of halogens is 1. The van der Waals surface area contributed by atoms with E-state index in [9.17, 15) is 4.79 Å². The summed E-state index contributed by atoms with van der Waals surface area (Å²) in [7, 11) is 0. The third-order valence-corrected chi connectivity index (χ3v) is 4.42. The van der Waals surface area contributed by atoms with Crippen molar-refractivity contribution >= 4 is 27.5 Å². The molecule has 3 rings (SSSR count). The van der Waals surface area contributed by atoms with Crippen LogP contribution in [0.4, 0.5) is 5.69 Å². The van der Waals surface area contributed by atoms with Crippen LogP contribution in [-0.2, 0) is 11.3 Å². The number of hydrogen-bond donors (Lipinski definition) is 2. The van der Waals surface area contributed by atoms with Crippen LogP contribution in [0, 0.1) is 0 Å². The van der Waals surface area contributed by atoms with Crippen molar-refractivity contribution < 1.29 is 4.79 Å². The first-order valence-corrected chi connectivity index (χ1v) is 8.05. The van der Waals surface area contributed by atoms with Crippen LogP contribution in [0.3, 0.4) is 0 Å². The highest BCUT2D eigenvalue weighted by atomic mass is 79.9. The molecule has 2 fully saturated rings. The van der Waals surface area contributed by atoms with Crippen LogP contribution in [0.15, 0.2) is 22.7 Å². The Morgan fingerprint density at radius 1 is 1.40 bits per heavy atom. The number of anilines is 1. The topological polar surface area (TPSA) is 44.4 Å². The molecular weight excluding hydrogens is 318 g/mol. The fraction of sp³-hybridized carbons (Fsp3) is 0.533. The number of amides is 1. The van der Waals surface area contributed by atoms with E-state index in [4.69, 9.17) is 0 Å². The van der Waals surface area contributed by atoms with Gasteiger partial charge in [0.2, 0.25) is 5.91 Å². The Labute approximate surface area is 128 Å². The van der Waals surface area contributed by atoms with Gasteiger partial charge >= 0.3 is 0 Å². The predicted octanol–water partition coefficient (Wildman–Crippen LogP) is 2.03. The van der Waals surface area contributed by atoms with E-state index in [1.807, 2.05) is 0 Å². The molecule has 1 amide bonds. The summed E-state index contributed by atoms with van der Waals surface area (Å²) in [6, 6.07) is 7.15. The predicted molar refractivity (Wildman–Crippen MR) is 83.8 cm³/mol. The molecule has 4 nitrogen and oxygen atoms in total. The highest BCUT2D eigenvalue weighted by Crippen LogP contribution is 2.28. The van der Waals surface area contributed by atoms with Crippen molar-refractivity contribution in [3.05, 3.63) is 28.2 Å². The van der Waals surface area contributed by atoms with Crippen molar-refractivity contribution in [2.45, 2.75) is 31.8 Å². The zero-order valence-corrected chi connectivity index (χ0v) is 13.1. The average molecular weight is 338 g/mol. The first-order valence-electron chi connectivity index (χ1n) is 7.26. The lowest BCUT2D eigenvalue weighted by Gasteiger charge is -2.23. The molecule has 1 aliphatic heterocycles. The van der Waals surface area contributed by atoms with Crippen molar-refractivity contribution in [1.82, 2.24) is 10.6 Å². The first-order chi connectivity index (χ1) is 9.72. The second-order valence-electron chi connectivity index (χ2n) is 5.57. The molecule has 1 heterocycles. The Balaban J connectivity index is 1.70. The summed E-state index contributed by atoms with van der Waals surface area (Å²) in [4.78, 5) is 13.8. The maximum atomic E-state index is 11.7. The molecule has 1 aliphatic carbocycles. The van der Waals surface area contributed by atoms with Gasteiger partial charge in [0.15, 0.2) is 0 Å². The number of nitrogens with one attached hydrogen (secondary N) is 2. The van der Waals surface area contributed by atoms with Crippen molar-refractivity contribution in [3.63, 3.8) is 0 Å². The van der Waals surface area contributed by atoms with Gasteiger partial charge in [0.1, 0.15) is 0 Å². The number of carbonyl (C=O) groups excluding carboxylic acids is 1. The van der Waals surface area contributed by atoms with Crippen LogP contribution in [0.25, 0.3) is 0 Å². The summed E-state index contributed by atoms with van der Waals surface area (Å²) in [6.07, 6.45) is 3.60. The molecule has 0 atom stereocenters. The SMILES string of the molecule is O=C1CN(c2ccc(CNC3CC3)cc2Br)CCCN1. The van der Waals surface area contributed by atoms with Gasteiger partial charge in [0.25, 0.3) is 0 Å². The number of carbonyl (C=O) groups is 1. The maximum Gasteiger partial charge on any atom is 0.239 e. The van der Waals surface area contributed by atoms with Crippen LogP contribution in [0.1, 0.15) is 24.8 Å². The number of nitrogens with zero attached hydrogens (tertiary/aromatic N) is 1. The van der Waals surface area contributed by atoms with Crippen LogP contribution < -0.4 is 15.5 Å². The summed E-state index contributed by atoms with van der Waals surface area (Å²) in [5.41, 5.74) is 2.39. The second kappa shape index (κ2) is 6.14.